The van der Waals surface area contributed by atoms with Crippen molar-refractivity contribution in [3.8, 4) is 23.0 Å². The molecule has 538 valence electrons. The van der Waals surface area contributed by atoms with Gasteiger partial charge in [-0.15, -0.1) is 0 Å². The zero-order valence-electron chi connectivity index (χ0n) is 56.3. The number of nitrogens with one attached hydrogen (secondary N) is 2. The molecule has 3 N–H and O–H groups in total. The number of halogens is 6. The molecule has 4 saturated heterocycles. The number of Topliss-reactive ketones (excluding diaryl/α,β-unsaturated/α-hetero) is 4. The Balaban J connectivity index is 0.000000138. The molecular weight excluding hydrogens is 1460 g/mol. The second-order valence-corrected chi connectivity index (χ2v) is 28.7. The molecule has 30 heteroatoms. The Hall–Kier alpha value is -8.42. The van der Waals surface area contributed by atoms with E-state index in [1.165, 1.54) is 55.0 Å². The molecule has 0 unspecified atom stereocenters. The molecule has 101 heavy (non-hydrogen) atoms. The van der Waals surface area contributed by atoms with Crippen LogP contribution in [0.4, 0.5) is 17.6 Å². The van der Waals surface area contributed by atoms with Gasteiger partial charge < -0.3 is 67.2 Å². The molecular formula is C71H74Br2F4N6O18. The summed E-state index contributed by atoms with van der Waals surface area (Å²) in [5.41, 5.74) is -4.81. The molecule has 4 aromatic heterocycles. The summed E-state index contributed by atoms with van der Waals surface area (Å²) in [4.78, 5) is 127. The number of rotatable bonds is 9. The van der Waals surface area contributed by atoms with Gasteiger partial charge in [-0.3, -0.25) is 47.9 Å². The van der Waals surface area contributed by atoms with Gasteiger partial charge in [-0.1, -0.05) is 12.1 Å². The highest BCUT2D eigenvalue weighted by Crippen LogP contribution is 2.47. The average Bonchev–Trinajstić information content (AvgIpc) is 0.753. The monoisotopic (exact) mass is 1530 g/mol. The lowest BCUT2D eigenvalue weighted by atomic mass is 9.71. The van der Waals surface area contributed by atoms with E-state index in [0.29, 0.717) is 97.8 Å². The molecule has 4 fully saturated rings. The molecule has 12 heterocycles. The summed E-state index contributed by atoms with van der Waals surface area (Å²) >= 11 is 6.44. The van der Waals surface area contributed by atoms with Crippen LogP contribution >= 0.6 is 31.9 Å². The molecule has 24 nitrogen and oxygen atoms in total. The van der Waals surface area contributed by atoms with Gasteiger partial charge >= 0.3 is 0 Å². The number of methoxy groups -OCH3 is 3. The summed E-state index contributed by atoms with van der Waals surface area (Å²) in [5, 5.41) is 15.3. The Morgan fingerprint density at radius 1 is 0.475 bits per heavy atom. The average molecular weight is 1540 g/mol. The highest BCUT2D eigenvalue weighted by atomic mass is 79.9. The van der Waals surface area contributed by atoms with Crippen LogP contribution in [0.2, 0.25) is 0 Å². The fourth-order valence-electron chi connectivity index (χ4n) is 14.7. The second kappa shape index (κ2) is 29.1. The standard InChI is InChI=1S/C22H22F2N2O5.C21H20F2N2O5.2C14H16BrNO4/c1-22-6-3-7-31-16(22)11-26-10-14(18(27)19(30-2)17(26)20(22)28)21(29)25-9-12-4-5-13(23)8-15(12)24;1-21-5-2-6-30-15(21)10-25-9-13(17(26)18(27)16(25)19(21)28)20(29)24-8-11-3-4-12(22)7-14(11)23;2*1-14-4-3-5-20-9(14)7-16-6-8(15)11(17)12(19-2)10(16)13(14)18/h4-5,8,10,16H,3,6-7,9,11H2,1-2H3,(H,25,29);3-4,7,9,15,27H,2,5-6,8,10H2,1H3,(H,24,29);2*6,9H,3-5,7H2,1-2H3/t16-,22-;15-,21-;9-,14+;9-,14-/m0010/s1. The van der Waals surface area contributed by atoms with Gasteiger partial charge in [0, 0.05) is 87.6 Å². The highest BCUT2D eigenvalue weighted by Gasteiger charge is 2.54. The number of nitrogens with zero attached hydrogens (tertiary/aromatic N) is 4. The van der Waals surface area contributed by atoms with E-state index in [0.717, 1.165) is 44.2 Å². The Morgan fingerprint density at radius 3 is 1.10 bits per heavy atom. The van der Waals surface area contributed by atoms with E-state index in [4.69, 9.17) is 33.2 Å². The number of fused-ring (bicyclic) bond motifs is 8. The van der Waals surface area contributed by atoms with E-state index in [1.807, 2.05) is 20.8 Å². The molecule has 0 bridgehead atoms. The van der Waals surface area contributed by atoms with E-state index in [-0.39, 0.29) is 117 Å². The molecule has 0 saturated carbocycles. The fraction of sp³-hybridized carbons (Fsp3) is 0.465. The van der Waals surface area contributed by atoms with Gasteiger partial charge in [0.05, 0.1) is 103 Å². The predicted molar refractivity (Wildman–Crippen MR) is 360 cm³/mol. The molecule has 14 rings (SSSR count). The topological polar surface area (TPSA) is 299 Å². The number of aromatic hydroxyl groups is 1. The van der Waals surface area contributed by atoms with Crippen LogP contribution in [0.1, 0.15) is 153 Å². The number of carbonyl (C=O) groups is 6. The van der Waals surface area contributed by atoms with Gasteiger partial charge in [0.2, 0.25) is 21.7 Å². The highest BCUT2D eigenvalue weighted by molar-refractivity contribution is 9.10. The molecule has 2 amide bonds. The summed E-state index contributed by atoms with van der Waals surface area (Å²) < 4.78 is 99.6. The van der Waals surface area contributed by atoms with Crippen molar-refractivity contribution in [2.45, 2.75) is 143 Å². The predicted octanol–water partition coefficient (Wildman–Crippen LogP) is 8.59. The zero-order chi connectivity index (χ0) is 72.9. The van der Waals surface area contributed by atoms with Gasteiger partial charge in [0.25, 0.3) is 11.8 Å². The van der Waals surface area contributed by atoms with Crippen molar-refractivity contribution in [1.29, 1.82) is 0 Å². The van der Waals surface area contributed by atoms with Crippen LogP contribution in [0.3, 0.4) is 0 Å². The number of hydrogen-bond acceptors (Lipinski definition) is 18. The third-order valence-electron chi connectivity index (χ3n) is 20.8. The van der Waals surface area contributed by atoms with Crippen LogP contribution in [0.25, 0.3) is 0 Å². The van der Waals surface area contributed by atoms with Crippen LogP contribution in [0.5, 0.6) is 23.0 Å². The molecule has 2 aromatic carbocycles. The van der Waals surface area contributed by atoms with E-state index in [2.05, 4.69) is 42.5 Å². The van der Waals surface area contributed by atoms with Crippen molar-refractivity contribution < 1.29 is 84.6 Å². The van der Waals surface area contributed by atoms with Crippen molar-refractivity contribution in [3.05, 3.63) is 179 Å². The Kier molecular flexibility index (Phi) is 21.3. The first kappa shape index (κ1) is 73.8. The minimum absolute atomic E-state index is 0.0357. The van der Waals surface area contributed by atoms with Gasteiger partial charge in [0.1, 0.15) is 57.2 Å². The summed E-state index contributed by atoms with van der Waals surface area (Å²) in [6.45, 7) is 10.9. The molecule has 6 aromatic rings. The summed E-state index contributed by atoms with van der Waals surface area (Å²) in [6, 6.07) is 5.93. The lowest BCUT2D eigenvalue weighted by Gasteiger charge is -2.44. The maximum absolute atomic E-state index is 13.8. The second-order valence-electron chi connectivity index (χ2n) is 27.0. The van der Waals surface area contributed by atoms with Crippen LogP contribution < -0.4 is 46.6 Å². The molecule has 0 radical (unpaired) electrons. The Bertz CT molecular complexity index is 4540. The van der Waals surface area contributed by atoms with Gasteiger partial charge in [-0.2, -0.15) is 0 Å². The van der Waals surface area contributed by atoms with Crippen molar-refractivity contribution in [1.82, 2.24) is 28.9 Å². The molecule has 0 aliphatic carbocycles. The number of ketones is 4. The van der Waals surface area contributed by atoms with Crippen molar-refractivity contribution in [2.75, 3.05) is 47.8 Å². The van der Waals surface area contributed by atoms with Crippen molar-refractivity contribution >= 4 is 66.8 Å². The van der Waals surface area contributed by atoms with Gasteiger partial charge in [-0.05, 0) is 123 Å². The molecule has 8 atom stereocenters. The third kappa shape index (κ3) is 13.5. The van der Waals surface area contributed by atoms with E-state index >= 15 is 0 Å². The Morgan fingerprint density at radius 2 is 0.772 bits per heavy atom. The van der Waals surface area contributed by atoms with Crippen LogP contribution in [0.15, 0.2) is 89.3 Å². The summed E-state index contributed by atoms with van der Waals surface area (Å²) in [6.07, 6.45) is 10.7. The van der Waals surface area contributed by atoms with Crippen LogP contribution in [-0.4, -0.2) is 130 Å². The lowest BCUT2D eigenvalue weighted by Crippen LogP contribution is -2.52. The van der Waals surface area contributed by atoms with E-state index in [1.54, 1.807) is 28.5 Å². The van der Waals surface area contributed by atoms with Gasteiger partial charge in [0.15, 0.2) is 46.1 Å². The number of aromatic nitrogens is 4. The fourth-order valence-corrected chi connectivity index (χ4v) is 15.5. The first-order valence-electron chi connectivity index (χ1n) is 32.8. The molecule has 0 spiro atoms. The normalized spacial score (nSPS) is 25.1. The third-order valence-corrected chi connectivity index (χ3v) is 21.9. The lowest BCUT2D eigenvalue weighted by molar-refractivity contribution is -0.0742. The molecule has 8 aliphatic heterocycles. The maximum Gasteiger partial charge on any atom is 0.257 e. The number of amides is 2. The first-order valence-corrected chi connectivity index (χ1v) is 34.4. The number of benzene rings is 2. The smallest absolute Gasteiger partial charge is 0.257 e. The number of carbonyl (C=O) groups excluding carboxylic acids is 6. The molecule has 8 aliphatic rings. The number of hydrogen-bond donors (Lipinski definition) is 3. The zero-order valence-corrected chi connectivity index (χ0v) is 59.4. The minimum atomic E-state index is -0.981. The minimum Gasteiger partial charge on any atom is -0.503 e. The maximum atomic E-state index is 13.8. The van der Waals surface area contributed by atoms with Crippen LogP contribution in [0, 0.1) is 44.9 Å². The number of ether oxygens (including phenoxy) is 7. The van der Waals surface area contributed by atoms with Crippen molar-refractivity contribution in [2.24, 2.45) is 21.7 Å². The summed E-state index contributed by atoms with van der Waals surface area (Å²) in [5.74, 6) is -6.23. The Labute approximate surface area is 591 Å². The van der Waals surface area contributed by atoms with Gasteiger partial charge in [-0.25, -0.2) is 17.6 Å². The van der Waals surface area contributed by atoms with E-state index < -0.39 is 85.2 Å². The first-order chi connectivity index (χ1) is 47.9. The largest absolute Gasteiger partial charge is 0.503 e. The quantitative estimate of drug-likeness (QED) is 0.114. The van der Waals surface area contributed by atoms with Crippen molar-refractivity contribution in [3.63, 3.8) is 0 Å². The van der Waals surface area contributed by atoms with Crippen LogP contribution in [-0.2, 0) is 58.2 Å². The summed E-state index contributed by atoms with van der Waals surface area (Å²) in [7, 11) is 4.11. The SMILES string of the molecule is COc1c2n(cc(Br)c1=O)C[C@@H]1OCCC[C@]1(C)C2=O.COc1c2n(cc(Br)c1=O)C[C@H]1OCCC[C@]1(C)C2=O.COc1c2n(cc(C(=O)NCc3ccc(F)cc3F)c1=O)C[C@@H]1OCCC[C@]1(C)C2=O.C[C@]12CCCO[C@H]1Cn1cc(C(=O)NCc3ccc(F)cc3F)c(=O)c(O)c1C2=O. The number of pyridine rings is 4. The van der Waals surface area contributed by atoms with E-state index in [9.17, 15) is 70.6 Å².